The van der Waals surface area contributed by atoms with Gasteiger partial charge >= 0.3 is 12.0 Å². The number of carboxylic acid groups (broad SMARTS) is 1. The molecule has 0 aliphatic heterocycles. The Bertz CT molecular complexity index is 463. The van der Waals surface area contributed by atoms with E-state index in [0.29, 0.717) is 10.7 Å². The number of hydrogen-bond acceptors (Lipinski definition) is 2. The van der Waals surface area contributed by atoms with E-state index in [1.165, 1.54) is 0 Å². The summed E-state index contributed by atoms with van der Waals surface area (Å²) in [6, 6.07) is 4.26. The number of benzene rings is 1. The van der Waals surface area contributed by atoms with Crippen LogP contribution in [0.4, 0.5) is 10.5 Å². The van der Waals surface area contributed by atoms with E-state index in [4.69, 9.17) is 16.7 Å². The van der Waals surface area contributed by atoms with Gasteiger partial charge in [0, 0.05) is 16.8 Å². The fourth-order valence-corrected chi connectivity index (χ4v) is 1.60. The van der Waals surface area contributed by atoms with Crippen LogP contribution >= 0.6 is 11.6 Å². The molecule has 0 aromatic heterocycles. The fourth-order valence-electron chi connectivity index (χ4n) is 1.42. The molecular formula is C12H15ClN2O3. The molecule has 0 saturated carbocycles. The summed E-state index contributed by atoms with van der Waals surface area (Å²) in [7, 11) is 0. The van der Waals surface area contributed by atoms with Crippen molar-refractivity contribution >= 4 is 29.3 Å². The zero-order valence-corrected chi connectivity index (χ0v) is 10.9. The first-order valence-corrected chi connectivity index (χ1v) is 5.81. The first-order valence-electron chi connectivity index (χ1n) is 5.44. The Morgan fingerprint density at radius 1 is 1.44 bits per heavy atom. The highest BCUT2D eigenvalue weighted by atomic mass is 35.5. The second kappa shape index (κ2) is 6.26. The van der Waals surface area contributed by atoms with Crippen molar-refractivity contribution in [1.29, 1.82) is 0 Å². The van der Waals surface area contributed by atoms with Crippen LogP contribution in [0.25, 0.3) is 0 Å². The number of carbonyl (C=O) groups is 2. The van der Waals surface area contributed by atoms with E-state index in [9.17, 15) is 9.59 Å². The molecule has 1 aromatic carbocycles. The van der Waals surface area contributed by atoms with Gasteiger partial charge in [0.25, 0.3) is 0 Å². The second-order valence-corrected chi connectivity index (χ2v) is 4.49. The van der Waals surface area contributed by atoms with E-state index >= 15 is 0 Å². The lowest BCUT2D eigenvalue weighted by molar-refractivity contribution is -0.137. The molecule has 6 heteroatoms. The number of aliphatic carboxylic acids is 1. The Labute approximate surface area is 110 Å². The fraction of sp³-hybridized carbons (Fsp3) is 0.333. The molecule has 0 saturated heterocycles. The predicted octanol–water partition coefficient (Wildman–Crippen LogP) is 2.63. The first-order chi connectivity index (χ1) is 8.38. The highest BCUT2D eigenvalue weighted by molar-refractivity contribution is 6.31. The summed E-state index contributed by atoms with van der Waals surface area (Å²) in [4.78, 5) is 22.1. The van der Waals surface area contributed by atoms with E-state index < -0.39 is 18.0 Å². The molecule has 2 amide bonds. The summed E-state index contributed by atoms with van der Waals surface area (Å²) in [5.41, 5.74) is 1.47. The average Bonchev–Trinajstić information content (AvgIpc) is 2.21. The van der Waals surface area contributed by atoms with Crippen molar-refractivity contribution in [2.45, 2.75) is 26.3 Å². The van der Waals surface area contributed by atoms with E-state index in [0.717, 1.165) is 5.56 Å². The van der Waals surface area contributed by atoms with Crippen molar-refractivity contribution in [3.05, 3.63) is 28.8 Å². The summed E-state index contributed by atoms with van der Waals surface area (Å²) < 4.78 is 0. The van der Waals surface area contributed by atoms with E-state index in [-0.39, 0.29) is 6.42 Å². The third kappa shape index (κ3) is 4.63. The Balaban J connectivity index is 2.59. The minimum Gasteiger partial charge on any atom is -0.481 e. The van der Waals surface area contributed by atoms with Gasteiger partial charge < -0.3 is 15.7 Å². The number of nitrogens with one attached hydrogen (secondary N) is 2. The SMILES string of the molecule is Cc1ccc(Cl)cc1NC(=O)NC(C)CC(=O)O. The molecule has 5 nitrogen and oxygen atoms in total. The van der Waals surface area contributed by atoms with Crippen LogP contribution in [0.15, 0.2) is 18.2 Å². The zero-order chi connectivity index (χ0) is 13.7. The molecule has 1 atom stereocenters. The number of anilines is 1. The minimum absolute atomic E-state index is 0.123. The Kier molecular flexibility index (Phi) is 4.97. The lowest BCUT2D eigenvalue weighted by Crippen LogP contribution is -2.37. The van der Waals surface area contributed by atoms with Crippen molar-refractivity contribution in [2.75, 3.05) is 5.32 Å². The second-order valence-electron chi connectivity index (χ2n) is 4.06. The topological polar surface area (TPSA) is 78.4 Å². The number of rotatable bonds is 4. The third-order valence-corrected chi connectivity index (χ3v) is 2.54. The highest BCUT2D eigenvalue weighted by Crippen LogP contribution is 2.19. The predicted molar refractivity (Wildman–Crippen MR) is 70.1 cm³/mol. The van der Waals surface area contributed by atoms with Gasteiger partial charge in [-0.15, -0.1) is 0 Å². The summed E-state index contributed by atoms with van der Waals surface area (Å²) in [6.45, 7) is 3.46. The third-order valence-electron chi connectivity index (χ3n) is 2.31. The summed E-state index contributed by atoms with van der Waals surface area (Å²) in [6.07, 6.45) is -0.123. The average molecular weight is 271 g/mol. The largest absolute Gasteiger partial charge is 0.481 e. The van der Waals surface area contributed by atoms with Gasteiger partial charge in [-0.05, 0) is 31.5 Å². The van der Waals surface area contributed by atoms with Crippen LogP contribution in [0.2, 0.25) is 5.02 Å². The quantitative estimate of drug-likeness (QED) is 0.787. The molecule has 0 aliphatic carbocycles. The van der Waals surface area contributed by atoms with Crippen LogP contribution in [0.1, 0.15) is 18.9 Å². The first kappa shape index (κ1) is 14.3. The monoisotopic (exact) mass is 270 g/mol. The Morgan fingerprint density at radius 2 is 2.11 bits per heavy atom. The molecule has 1 rings (SSSR count). The highest BCUT2D eigenvalue weighted by Gasteiger charge is 2.11. The molecule has 1 aromatic rings. The number of carboxylic acids is 1. The molecule has 3 N–H and O–H groups in total. The number of halogens is 1. The maximum atomic E-state index is 11.6. The number of hydrogen-bond donors (Lipinski definition) is 3. The van der Waals surface area contributed by atoms with Crippen molar-refractivity contribution < 1.29 is 14.7 Å². The van der Waals surface area contributed by atoms with Crippen molar-refractivity contribution in [2.24, 2.45) is 0 Å². The van der Waals surface area contributed by atoms with E-state index in [1.807, 2.05) is 6.92 Å². The molecule has 98 valence electrons. The van der Waals surface area contributed by atoms with Crippen LogP contribution < -0.4 is 10.6 Å². The standard InChI is InChI=1S/C12H15ClN2O3/c1-7-3-4-9(13)6-10(7)15-12(18)14-8(2)5-11(16)17/h3-4,6,8H,5H2,1-2H3,(H,16,17)(H2,14,15,18). The molecule has 0 bridgehead atoms. The number of aryl methyl sites for hydroxylation is 1. The van der Waals surface area contributed by atoms with E-state index in [1.54, 1.807) is 25.1 Å². The molecule has 0 radical (unpaired) electrons. The van der Waals surface area contributed by atoms with Crippen molar-refractivity contribution in [3.8, 4) is 0 Å². The van der Waals surface area contributed by atoms with Gasteiger partial charge in [-0.2, -0.15) is 0 Å². The minimum atomic E-state index is -0.957. The van der Waals surface area contributed by atoms with Gasteiger partial charge in [0.15, 0.2) is 0 Å². The van der Waals surface area contributed by atoms with Gasteiger partial charge in [0.2, 0.25) is 0 Å². The number of amides is 2. The molecule has 0 aliphatic rings. The molecule has 1 unspecified atom stereocenters. The molecular weight excluding hydrogens is 256 g/mol. The van der Waals surface area contributed by atoms with Crippen LogP contribution in [0.3, 0.4) is 0 Å². The van der Waals surface area contributed by atoms with Gasteiger partial charge in [-0.1, -0.05) is 17.7 Å². The lowest BCUT2D eigenvalue weighted by Gasteiger charge is -2.14. The summed E-state index contributed by atoms with van der Waals surface area (Å²) >= 11 is 5.83. The summed E-state index contributed by atoms with van der Waals surface area (Å²) in [5, 5.41) is 14.3. The number of urea groups is 1. The maximum Gasteiger partial charge on any atom is 0.319 e. The smallest absolute Gasteiger partial charge is 0.319 e. The Morgan fingerprint density at radius 3 is 2.72 bits per heavy atom. The van der Waals surface area contributed by atoms with Crippen molar-refractivity contribution in [3.63, 3.8) is 0 Å². The van der Waals surface area contributed by atoms with Gasteiger partial charge in [-0.25, -0.2) is 4.79 Å². The van der Waals surface area contributed by atoms with Crippen LogP contribution in [0.5, 0.6) is 0 Å². The lowest BCUT2D eigenvalue weighted by atomic mass is 10.2. The maximum absolute atomic E-state index is 11.6. The van der Waals surface area contributed by atoms with E-state index in [2.05, 4.69) is 10.6 Å². The Hall–Kier alpha value is -1.75. The van der Waals surface area contributed by atoms with Gasteiger partial charge in [-0.3, -0.25) is 4.79 Å². The molecule has 0 fully saturated rings. The molecule has 0 heterocycles. The van der Waals surface area contributed by atoms with Crippen LogP contribution in [0, 0.1) is 6.92 Å². The van der Waals surface area contributed by atoms with Gasteiger partial charge in [0.05, 0.1) is 6.42 Å². The van der Waals surface area contributed by atoms with Crippen LogP contribution in [-0.2, 0) is 4.79 Å². The van der Waals surface area contributed by atoms with Crippen LogP contribution in [-0.4, -0.2) is 23.1 Å². The zero-order valence-electron chi connectivity index (χ0n) is 10.2. The van der Waals surface area contributed by atoms with Crippen molar-refractivity contribution in [1.82, 2.24) is 5.32 Å². The number of carbonyl (C=O) groups excluding carboxylic acids is 1. The molecule has 18 heavy (non-hydrogen) atoms. The van der Waals surface area contributed by atoms with Gasteiger partial charge in [0.1, 0.15) is 0 Å². The summed E-state index contributed by atoms with van der Waals surface area (Å²) in [5.74, 6) is -0.957. The normalized spacial score (nSPS) is 11.7. The molecule has 0 spiro atoms.